The van der Waals surface area contributed by atoms with Gasteiger partial charge in [0.05, 0.1) is 6.67 Å². The van der Waals surface area contributed by atoms with Gasteiger partial charge in [0.25, 0.3) is 0 Å². The number of nitrogens with two attached hydrogens (primary N) is 1. The lowest BCUT2D eigenvalue weighted by molar-refractivity contribution is 0.238. The molecule has 0 bridgehead atoms. The molecule has 0 aromatic heterocycles. The van der Waals surface area contributed by atoms with Crippen LogP contribution in [0.15, 0.2) is 24.3 Å². The summed E-state index contributed by atoms with van der Waals surface area (Å²) in [6.07, 6.45) is 0.709. The van der Waals surface area contributed by atoms with E-state index in [9.17, 15) is 4.39 Å². The Morgan fingerprint density at radius 1 is 1.29 bits per heavy atom. The topological polar surface area (TPSA) is 26.0 Å². The van der Waals surface area contributed by atoms with E-state index in [1.54, 1.807) is 0 Å². The third kappa shape index (κ3) is 2.81. The zero-order valence-electron chi connectivity index (χ0n) is 8.89. The maximum absolute atomic E-state index is 12.7. The second kappa shape index (κ2) is 4.56. The predicted octanol–water partition coefficient (Wildman–Crippen LogP) is 2.47. The first-order valence-corrected chi connectivity index (χ1v) is 4.91. The number of hydrogen-bond acceptors (Lipinski definition) is 1. The van der Waals surface area contributed by atoms with Crippen molar-refractivity contribution >= 4 is 0 Å². The van der Waals surface area contributed by atoms with Gasteiger partial charge >= 0.3 is 0 Å². The van der Waals surface area contributed by atoms with Crippen molar-refractivity contribution in [1.82, 2.24) is 0 Å². The second-order valence-electron chi connectivity index (χ2n) is 4.31. The van der Waals surface area contributed by atoms with Crippen LogP contribution in [0.25, 0.3) is 0 Å². The van der Waals surface area contributed by atoms with Crippen molar-refractivity contribution in [1.29, 1.82) is 0 Å². The Bertz CT molecular complexity index is 275. The van der Waals surface area contributed by atoms with Crippen molar-refractivity contribution in [3.63, 3.8) is 0 Å². The van der Waals surface area contributed by atoms with E-state index in [0.29, 0.717) is 13.0 Å². The van der Waals surface area contributed by atoms with Crippen LogP contribution in [-0.2, 0) is 6.42 Å². The van der Waals surface area contributed by atoms with Gasteiger partial charge in [-0.2, -0.15) is 0 Å². The highest BCUT2D eigenvalue weighted by molar-refractivity contribution is 5.22. The lowest BCUT2D eigenvalue weighted by Crippen LogP contribution is -2.31. The first-order chi connectivity index (χ1) is 6.59. The Labute approximate surface area is 85.1 Å². The Kier molecular flexibility index (Phi) is 3.64. The summed E-state index contributed by atoms with van der Waals surface area (Å²) in [6.45, 7) is 3.95. The molecule has 1 aromatic carbocycles. The number of hydrogen-bond donors (Lipinski definition) is 1. The van der Waals surface area contributed by atoms with E-state index >= 15 is 0 Å². The maximum atomic E-state index is 12.7. The number of rotatable bonds is 4. The molecule has 2 N–H and O–H groups in total. The molecule has 78 valence electrons. The predicted molar refractivity (Wildman–Crippen MR) is 58.0 cm³/mol. The fourth-order valence-corrected chi connectivity index (χ4v) is 1.37. The minimum Gasteiger partial charge on any atom is -0.330 e. The molecule has 1 nitrogen and oxygen atoms in total. The minimum absolute atomic E-state index is 0.364. The van der Waals surface area contributed by atoms with Gasteiger partial charge in [-0.1, -0.05) is 36.8 Å². The van der Waals surface area contributed by atoms with E-state index in [4.69, 9.17) is 5.73 Å². The van der Waals surface area contributed by atoms with Gasteiger partial charge in [-0.25, -0.2) is 0 Å². The van der Waals surface area contributed by atoms with E-state index in [-0.39, 0.29) is 6.67 Å². The average molecular weight is 195 g/mol. The molecule has 0 radical (unpaired) electrons. The highest BCUT2D eigenvalue weighted by Crippen LogP contribution is 2.21. The van der Waals surface area contributed by atoms with Crippen LogP contribution >= 0.6 is 0 Å². The SMILES string of the molecule is Cc1ccc(CC(C)(CN)CF)cc1. The van der Waals surface area contributed by atoms with Gasteiger partial charge in [-0.05, 0) is 18.9 Å². The quantitative estimate of drug-likeness (QED) is 0.784. The summed E-state index contributed by atoms with van der Waals surface area (Å²) in [4.78, 5) is 0. The van der Waals surface area contributed by atoms with Gasteiger partial charge in [0.1, 0.15) is 0 Å². The van der Waals surface area contributed by atoms with Gasteiger partial charge in [0.2, 0.25) is 0 Å². The van der Waals surface area contributed by atoms with Crippen LogP contribution in [0.3, 0.4) is 0 Å². The Hall–Kier alpha value is -0.890. The summed E-state index contributed by atoms with van der Waals surface area (Å²) >= 11 is 0. The van der Waals surface area contributed by atoms with Crippen molar-refractivity contribution in [2.45, 2.75) is 20.3 Å². The smallest absolute Gasteiger partial charge is 0.0963 e. The molecule has 0 fully saturated rings. The molecule has 1 rings (SSSR count). The molecule has 0 aliphatic heterocycles. The molecule has 0 heterocycles. The maximum Gasteiger partial charge on any atom is 0.0963 e. The number of alkyl halides is 1. The van der Waals surface area contributed by atoms with Crippen LogP contribution in [-0.4, -0.2) is 13.2 Å². The van der Waals surface area contributed by atoms with Crippen molar-refractivity contribution in [3.8, 4) is 0 Å². The third-order valence-electron chi connectivity index (χ3n) is 2.57. The van der Waals surface area contributed by atoms with Gasteiger partial charge in [-0.3, -0.25) is 4.39 Å². The standard InChI is InChI=1S/C12H18FN/c1-10-3-5-11(6-4-10)7-12(2,8-13)9-14/h3-6H,7-9,14H2,1-2H3. The number of halogens is 1. The van der Waals surface area contributed by atoms with Crippen LogP contribution < -0.4 is 5.73 Å². The van der Waals surface area contributed by atoms with Gasteiger partial charge < -0.3 is 5.73 Å². The Morgan fingerprint density at radius 2 is 1.86 bits per heavy atom. The summed E-state index contributed by atoms with van der Waals surface area (Å²) in [5.74, 6) is 0. The Balaban J connectivity index is 2.72. The summed E-state index contributed by atoms with van der Waals surface area (Å²) in [6, 6.07) is 8.17. The number of aryl methyl sites for hydroxylation is 1. The molecule has 0 amide bonds. The lowest BCUT2D eigenvalue weighted by atomic mass is 9.85. The minimum atomic E-state index is -0.407. The third-order valence-corrected chi connectivity index (χ3v) is 2.57. The second-order valence-corrected chi connectivity index (χ2v) is 4.31. The molecule has 0 saturated heterocycles. The monoisotopic (exact) mass is 195 g/mol. The molecule has 0 spiro atoms. The summed E-state index contributed by atoms with van der Waals surface area (Å²) < 4.78 is 12.7. The zero-order chi connectivity index (χ0) is 10.6. The summed E-state index contributed by atoms with van der Waals surface area (Å²) in [7, 11) is 0. The van der Waals surface area contributed by atoms with Crippen molar-refractivity contribution in [3.05, 3.63) is 35.4 Å². The molecular weight excluding hydrogens is 177 g/mol. The highest BCUT2D eigenvalue weighted by atomic mass is 19.1. The summed E-state index contributed by atoms with van der Waals surface area (Å²) in [5.41, 5.74) is 7.53. The van der Waals surface area contributed by atoms with E-state index in [2.05, 4.69) is 0 Å². The van der Waals surface area contributed by atoms with Crippen molar-refractivity contribution < 1.29 is 4.39 Å². The van der Waals surface area contributed by atoms with Gasteiger partial charge in [0, 0.05) is 12.0 Å². The first kappa shape index (κ1) is 11.2. The molecule has 0 aliphatic rings. The fourth-order valence-electron chi connectivity index (χ4n) is 1.37. The molecule has 1 aromatic rings. The molecule has 1 atom stereocenters. The summed E-state index contributed by atoms with van der Waals surface area (Å²) in [5, 5.41) is 0. The lowest BCUT2D eigenvalue weighted by Gasteiger charge is -2.24. The molecule has 0 aliphatic carbocycles. The molecule has 14 heavy (non-hydrogen) atoms. The largest absolute Gasteiger partial charge is 0.330 e. The Morgan fingerprint density at radius 3 is 2.29 bits per heavy atom. The first-order valence-electron chi connectivity index (χ1n) is 4.91. The van der Waals surface area contributed by atoms with Crippen LogP contribution in [0.5, 0.6) is 0 Å². The van der Waals surface area contributed by atoms with Crippen LogP contribution in [0.4, 0.5) is 4.39 Å². The number of benzene rings is 1. The van der Waals surface area contributed by atoms with E-state index in [1.165, 1.54) is 5.56 Å². The fraction of sp³-hybridized carbons (Fsp3) is 0.500. The van der Waals surface area contributed by atoms with Gasteiger partial charge in [0.15, 0.2) is 0 Å². The average Bonchev–Trinajstić information content (AvgIpc) is 2.21. The van der Waals surface area contributed by atoms with Crippen LogP contribution in [0.2, 0.25) is 0 Å². The van der Waals surface area contributed by atoms with Crippen molar-refractivity contribution in [2.24, 2.45) is 11.1 Å². The van der Waals surface area contributed by atoms with Gasteiger partial charge in [-0.15, -0.1) is 0 Å². The zero-order valence-corrected chi connectivity index (χ0v) is 8.89. The van der Waals surface area contributed by atoms with E-state index in [1.807, 2.05) is 38.1 Å². The van der Waals surface area contributed by atoms with E-state index in [0.717, 1.165) is 5.56 Å². The normalized spacial score (nSPS) is 15.1. The van der Waals surface area contributed by atoms with E-state index < -0.39 is 5.41 Å². The van der Waals surface area contributed by atoms with Crippen LogP contribution in [0.1, 0.15) is 18.1 Å². The molecule has 0 saturated carbocycles. The molecular formula is C12H18FN. The highest BCUT2D eigenvalue weighted by Gasteiger charge is 2.22. The van der Waals surface area contributed by atoms with Crippen molar-refractivity contribution in [2.75, 3.05) is 13.2 Å². The molecule has 1 unspecified atom stereocenters. The van der Waals surface area contributed by atoms with Crippen LogP contribution in [0, 0.1) is 12.3 Å². The molecule has 2 heteroatoms.